The smallest absolute Gasteiger partial charge is 0.0834 e. The van der Waals surface area contributed by atoms with Gasteiger partial charge in [0.15, 0.2) is 0 Å². The molecule has 0 radical (unpaired) electrons. The van der Waals surface area contributed by atoms with Gasteiger partial charge in [-0.2, -0.15) is 5.10 Å². The molecule has 0 saturated heterocycles. The van der Waals surface area contributed by atoms with E-state index < -0.39 is 0 Å². The summed E-state index contributed by atoms with van der Waals surface area (Å²) < 4.78 is 1.96. The van der Waals surface area contributed by atoms with E-state index >= 15 is 0 Å². The Labute approximate surface area is 96.8 Å². The summed E-state index contributed by atoms with van der Waals surface area (Å²) in [5, 5.41) is 8.32. The quantitative estimate of drug-likeness (QED) is 0.842. The summed E-state index contributed by atoms with van der Waals surface area (Å²) in [5.74, 6) is 0.638. The summed E-state index contributed by atoms with van der Waals surface area (Å²) in [7, 11) is 1.97. The van der Waals surface area contributed by atoms with Gasteiger partial charge in [-0.05, 0) is 26.3 Å². The highest BCUT2D eigenvalue weighted by molar-refractivity contribution is 6.31. The van der Waals surface area contributed by atoms with Crippen LogP contribution in [-0.2, 0) is 6.54 Å². The van der Waals surface area contributed by atoms with E-state index in [0.29, 0.717) is 12.0 Å². The Morgan fingerprint density at radius 1 is 1.53 bits per heavy atom. The Kier molecular flexibility index (Phi) is 4.61. The van der Waals surface area contributed by atoms with E-state index in [9.17, 15) is 0 Å². The number of nitrogens with zero attached hydrogens (tertiary/aromatic N) is 2. The van der Waals surface area contributed by atoms with Gasteiger partial charge in [-0.3, -0.25) is 4.68 Å². The third kappa shape index (κ3) is 2.95. The molecule has 0 fully saturated rings. The summed E-state index contributed by atoms with van der Waals surface area (Å²) in [6.07, 6.45) is 2.80. The standard InChI is InChI=1S/C11H20ClN3/c1-5-15-11(9(12)7-14-15)10(13-4)6-8(2)3/h7-8,10,13H,5-6H2,1-4H3. The minimum atomic E-state index is 0.292. The molecule has 1 unspecified atom stereocenters. The molecule has 1 aromatic rings. The minimum absolute atomic E-state index is 0.292. The summed E-state index contributed by atoms with van der Waals surface area (Å²) in [5.41, 5.74) is 1.11. The Bertz CT molecular complexity index is 307. The van der Waals surface area contributed by atoms with Crippen LogP contribution in [0.1, 0.15) is 38.9 Å². The lowest BCUT2D eigenvalue weighted by Crippen LogP contribution is -2.22. The fourth-order valence-electron chi connectivity index (χ4n) is 1.81. The molecule has 0 aromatic carbocycles. The zero-order valence-electron chi connectivity index (χ0n) is 9.92. The Morgan fingerprint density at radius 2 is 2.20 bits per heavy atom. The Hall–Kier alpha value is -0.540. The van der Waals surface area contributed by atoms with Gasteiger partial charge >= 0.3 is 0 Å². The van der Waals surface area contributed by atoms with Crippen LogP contribution in [0.4, 0.5) is 0 Å². The van der Waals surface area contributed by atoms with Gasteiger partial charge in [0.25, 0.3) is 0 Å². The third-order valence-electron chi connectivity index (χ3n) is 2.52. The van der Waals surface area contributed by atoms with Gasteiger partial charge in [0.05, 0.1) is 23.0 Å². The van der Waals surface area contributed by atoms with E-state index in [4.69, 9.17) is 11.6 Å². The maximum atomic E-state index is 6.16. The number of aryl methyl sites for hydroxylation is 1. The second-order valence-corrected chi connectivity index (χ2v) is 4.57. The molecule has 15 heavy (non-hydrogen) atoms. The first-order chi connectivity index (χ1) is 7.10. The molecular weight excluding hydrogens is 210 g/mol. The molecule has 0 aliphatic heterocycles. The number of aromatic nitrogens is 2. The fraction of sp³-hybridized carbons (Fsp3) is 0.727. The highest BCUT2D eigenvalue weighted by atomic mass is 35.5. The first kappa shape index (κ1) is 12.5. The van der Waals surface area contributed by atoms with Gasteiger partial charge in [0.1, 0.15) is 0 Å². The molecule has 0 saturated carbocycles. The van der Waals surface area contributed by atoms with Crippen LogP contribution in [0, 0.1) is 5.92 Å². The van der Waals surface area contributed by atoms with Crippen LogP contribution in [0.2, 0.25) is 5.02 Å². The van der Waals surface area contributed by atoms with Gasteiger partial charge in [-0.25, -0.2) is 0 Å². The predicted octanol–water partition coefficient (Wildman–Crippen LogP) is 2.86. The molecule has 1 atom stereocenters. The molecule has 1 rings (SSSR count). The van der Waals surface area contributed by atoms with E-state index in [1.807, 2.05) is 11.7 Å². The van der Waals surface area contributed by atoms with Crippen LogP contribution in [0.15, 0.2) is 6.20 Å². The molecular formula is C11H20ClN3. The van der Waals surface area contributed by atoms with Crippen molar-refractivity contribution in [2.45, 2.75) is 39.8 Å². The van der Waals surface area contributed by atoms with Crippen molar-refractivity contribution < 1.29 is 0 Å². The molecule has 0 bridgehead atoms. The van der Waals surface area contributed by atoms with Crippen LogP contribution in [0.25, 0.3) is 0 Å². The summed E-state index contributed by atoms with van der Waals surface area (Å²) in [6, 6.07) is 0.292. The number of nitrogens with one attached hydrogen (secondary N) is 1. The van der Waals surface area contributed by atoms with Gasteiger partial charge in [-0.15, -0.1) is 0 Å². The zero-order chi connectivity index (χ0) is 11.4. The SMILES string of the molecule is CCn1ncc(Cl)c1C(CC(C)C)NC. The molecule has 1 N–H and O–H groups in total. The van der Waals surface area contributed by atoms with Crippen molar-refractivity contribution in [3.05, 3.63) is 16.9 Å². The van der Waals surface area contributed by atoms with E-state index in [1.165, 1.54) is 0 Å². The highest BCUT2D eigenvalue weighted by Gasteiger charge is 2.19. The lowest BCUT2D eigenvalue weighted by Gasteiger charge is -2.19. The zero-order valence-corrected chi connectivity index (χ0v) is 10.7. The molecule has 1 aromatic heterocycles. The van der Waals surface area contributed by atoms with Crippen molar-refractivity contribution in [2.75, 3.05) is 7.05 Å². The van der Waals surface area contributed by atoms with Crippen molar-refractivity contribution in [2.24, 2.45) is 5.92 Å². The fourth-order valence-corrected chi connectivity index (χ4v) is 2.08. The molecule has 0 aliphatic rings. The topological polar surface area (TPSA) is 29.9 Å². The monoisotopic (exact) mass is 229 g/mol. The predicted molar refractivity (Wildman–Crippen MR) is 64.2 cm³/mol. The van der Waals surface area contributed by atoms with Crippen LogP contribution in [0.3, 0.4) is 0 Å². The summed E-state index contributed by atoms with van der Waals surface area (Å²) in [4.78, 5) is 0. The highest BCUT2D eigenvalue weighted by Crippen LogP contribution is 2.27. The van der Waals surface area contributed by atoms with Crippen molar-refractivity contribution in [3.63, 3.8) is 0 Å². The Balaban J connectivity index is 2.94. The molecule has 86 valence electrons. The van der Waals surface area contributed by atoms with Gasteiger partial charge in [-0.1, -0.05) is 25.4 Å². The average Bonchev–Trinajstić information content (AvgIpc) is 2.56. The van der Waals surface area contributed by atoms with E-state index in [2.05, 4.69) is 31.2 Å². The summed E-state index contributed by atoms with van der Waals surface area (Å²) in [6.45, 7) is 7.36. The first-order valence-electron chi connectivity index (χ1n) is 5.48. The Morgan fingerprint density at radius 3 is 2.67 bits per heavy atom. The molecule has 4 heteroatoms. The van der Waals surface area contributed by atoms with E-state index in [-0.39, 0.29) is 0 Å². The van der Waals surface area contributed by atoms with Crippen molar-refractivity contribution in [1.82, 2.24) is 15.1 Å². The first-order valence-corrected chi connectivity index (χ1v) is 5.86. The lowest BCUT2D eigenvalue weighted by atomic mass is 10.0. The molecule has 0 aliphatic carbocycles. The third-order valence-corrected chi connectivity index (χ3v) is 2.81. The molecule has 0 amide bonds. The number of rotatable bonds is 5. The largest absolute Gasteiger partial charge is 0.312 e. The van der Waals surface area contributed by atoms with Crippen LogP contribution in [0.5, 0.6) is 0 Å². The lowest BCUT2D eigenvalue weighted by molar-refractivity contribution is 0.427. The molecule has 3 nitrogen and oxygen atoms in total. The number of hydrogen-bond acceptors (Lipinski definition) is 2. The van der Waals surface area contributed by atoms with Crippen molar-refractivity contribution >= 4 is 11.6 Å². The van der Waals surface area contributed by atoms with Crippen LogP contribution >= 0.6 is 11.6 Å². The molecule has 0 spiro atoms. The second-order valence-electron chi connectivity index (χ2n) is 4.16. The van der Waals surface area contributed by atoms with Crippen LogP contribution < -0.4 is 5.32 Å². The van der Waals surface area contributed by atoms with Gasteiger partial charge in [0, 0.05) is 6.54 Å². The van der Waals surface area contributed by atoms with Gasteiger partial charge in [0.2, 0.25) is 0 Å². The van der Waals surface area contributed by atoms with Crippen molar-refractivity contribution in [1.29, 1.82) is 0 Å². The summed E-state index contributed by atoms with van der Waals surface area (Å²) >= 11 is 6.16. The van der Waals surface area contributed by atoms with Crippen molar-refractivity contribution in [3.8, 4) is 0 Å². The normalized spacial score (nSPS) is 13.5. The molecule has 1 heterocycles. The number of hydrogen-bond donors (Lipinski definition) is 1. The second kappa shape index (κ2) is 5.52. The average molecular weight is 230 g/mol. The van der Waals surface area contributed by atoms with E-state index in [0.717, 1.165) is 23.7 Å². The number of halogens is 1. The van der Waals surface area contributed by atoms with Gasteiger partial charge < -0.3 is 5.32 Å². The maximum absolute atomic E-state index is 6.16. The maximum Gasteiger partial charge on any atom is 0.0834 e. The van der Waals surface area contributed by atoms with E-state index in [1.54, 1.807) is 6.20 Å². The minimum Gasteiger partial charge on any atom is -0.312 e. The van der Waals surface area contributed by atoms with Crippen LogP contribution in [-0.4, -0.2) is 16.8 Å².